The third kappa shape index (κ3) is 3.72. The Morgan fingerprint density at radius 3 is 2.48 bits per heavy atom. The summed E-state index contributed by atoms with van der Waals surface area (Å²) in [7, 11) is 0. The molecule has 0 radical (unpaired) electrons. The lowest BCUT2D eigenvalue weighted by molar-refractivity contribution is -0.149. The van der Waals surface area contributed by atoms with Gasteiger partial charge in [0.25, 0.3) is 5.91 Å². The van der Waals surface area contributed by atoms with Crippen LogP contribution in [0.15, 0.2) is 55.0 Å². The van der Waals surface area contributed by atoms with E-state index in [1.165, 1.54) is 19.1 Å². The van der Waals surface area contributed by atoms with Crippen LogP contribution in [0.3, 0.4) is 0 Å². The summed E-state index contributed by atoms with van der Waals surface area (Å²) < 4.78 is 17.5. The van der Waals surface area contributed by atoms with Crippen LogP contribution >= 0.6 is 0 Å². The van der Waals surface area contributed by atoms with Crippen molar-refractivity contribution in [3.8, 4) is 22.5 Å². The molecule has 0 aliphatic heterocycles. The molecule has 3 aliphatic rings. The lowest BCUT2D eigenvalue weighted by Gasteiger charge is -2.70. The Hall–Kier alpha value is -4.80. The normalized spacial score (nSPS) is 21.2. The van der Waals surface area contributed by atoms with E-state index in [-0.39, 0.29) is 40.1 Å². The van der Waals surface area contributed by atoms with E-state index < -0.39 is 0 Å². The SMILES string of the molecule is CC(=O)NCC12CC(NC(=O)c3cn4c(-c5ccc6ncc(C)n6c5)c(-c5ccc(F)cc5)nc(N)c4n3)(C1)C2. The van der Waals surface area contributed by atoms with Gasteiger partial charge in [0.2, 0.25) is 5.91 Å². The number of hydrogen-bond acceptors (Lipinski definition) is 6. The molecule has 202 valence electrons. The lowest BCUT2D eigenvalue weighted by Crippen LogP contribution is -2.76. The maximum absolute atomic E-state index is 13.8. The van der Waals surface area contributed by atoms with Gasteiger partial charge in [0.05, 0.1) is 11.4 Å². The largest absolute Gasteiger partial charge is 0.381 e. The molecule has 0 unspecified atom stereocenters. The second-order valence-electron chi connectivity index (χ2n) is 11.2. The summed E-state index contributed by atoms with van der Waals surface area (Å²) in [4.78, 5) is 38.4. The molecule has 40 heavy (non-hydrogen) atoms. The Morgan fingerprint density at radius 1 is 1.02 bits per heavy atom. The van der Waals surface area contributed by atoms with Gasteiger partial charge in [-0.3, -0.25) is 14.0 Å². The molecule has 2 bridgehead atoms. The fourth-order valence-electron chi connectivity index (χ4n) is 6.44. The second-order valence-corrected chi connectivity index (χ2v) is 11.2. The van der Waals surface area contributed by atoms with Crippen LogP contribution in [0.5, 0.6) is 0 Å². The van der Waals surface area contributed by atoms with Gasteiger partial charge in [0, 0.05) is 54.4 Å². The number of nitrogen functional groups attached to an aromatic ring is 1. The minimum atomic E-state index is -0.358. The summed E-state index contributed by atoms with van der Waals surface area (Å²) in [5.74, 6) is -0.534. The first kappa shape index (κ1) is 24.3. The van der Waals surface area contributed by atoms with E-state index in [0.717, 1.165) is 36.2 Å². The molecule has 0 atom stereocenters. The monoisotopic (exact) mass is 538 g/mol. The maximum atomic E-state index is 13.8. The first-order valence-electron chi connectivity index (χ1n) is 13.1. The predicted octanol–water partition coefficient (Wildman–Crippen LogP) is 3.53. The fraction of sp³-hybridized carbons (Fsp3) is 0.276. The van der Waals surface area contributed by atoms with Gasteiger partial charge in [-0.15, -0.1) is 0 Å². The minimum absolute atomic E-state index is 0.0446. The standard InChI is InChI=1S/C29H27FN8O2/c1-16-9-32-22-8-5-19(10-37(16)22)24-23(18-3-6-20(30)7-4-18)35-25(31)26-34-21(11-38(24)26)27(40)36-29-12-28(13-29,14-29)15-33-17(2)39/h3-11H,12-15H2,1-2H3,(H2,31,35)(H,33,39)(H,36,40). The molecule has 3 fully saturated rings. The number of amides is 2. The summed E-state index contributed by atoms with van der Waals surface area (Å²) in [6.45, 7) is 4.11. The number of rotatable bonds is 6. The lowest BCUT2D eigenvalue weighted by atomic mass is 9.39. The van der Waals surface area contributed by atoms with Crippen LogP contribution in [0, 0.1) is 18.2 Å². The molecule has 11 heteroatoms. The Bertz CT molecular complexity index is 1840. The van der Waals surface area contributed by atoms with E-state index in [9.17, 15) is 14.0 Å². The molecular formula is C29H27FN8O2. The molecule has 4 aromatic heterocycles. The molecule has 8 rings (SSSR count). The number of nitrogens with one attached hydrogen (secondary N) is 2. The van der Waals surface area contributed by atoms with Crippen molar-refractivity contribution >= 4 is 28.9 Å². The number of nitrogens with zero attached hydrogens (tertiary/aromatic N) is 5. The molecule has 4 heterocycles. The zero-order valence-electron chi connectivity index (χ0n) is 22.0. The van der Waals surface area contributed by atoms with Crippen LogP contribution in [0.4, 0.5) is 10.2 Å². The van der Waals surface area contributed by atoms with Gasteiger partial charge in [0.15, 0.2) is 11.5 Å². The Labute approximate surface area is 228 Å². The number of carbonyl (C=O) groups is 2. The fourth-order valence-corrected chi connectivity index (χ4v) is 6.44. The van der Waals surface area contributed by atoms with E-state index in [4.69, 9.17) is 5.73 Å². The predicted molar refractivity (Wildman–Crippen MR) is 147 cm³/mol. The number of imidazole rings is 2. The number of benzene rings is 1. The first-order valence-corrected chi connectivity index (χ1v) is 13.1. The highest BCUT2D eigenvalue weighted by Crippen LogP contribution is 2.66. The van der Waals surface area contributed by atoms with E-state index in [0.29, 0.717) is 29.1 Å². The van der Waals surface area contributed by atoms with Gasteiger partial charge in [-0.25, -0.2) is 19.3 Å². The molecule has 0 spiro atoms. The number of hydrogen-bond donors (Lipinski definition) is 3. The number of nitrogens with two attached hydrogens (primary N) is 1. The average molecular weight is 539 g/mol. The number of aryl methyl sites for hydroxylation is 1. The van der Waals surface area contributed by atoms with E-state index >= 15 is 0 Å². The molecular weight excluding hydrogens is 511 g/mol. The van der Waals surface area contributed by atoms with Crippen molar-refractivity contribution in [1.29, 1.82) is 0 Å². The van der Waals surface area contributed by atoms with Crippen LogP contribution in [0.25, 0.3) is 33.8 Å². The number of fused-ring (bicyclic) bond motifs is 2. The number of halogens is 1. The zero-order valence-corrected chi connectivity index (χ0v) is 22.0. The van der Waals surface area contributed by atoms with Crippen LogP contribution in [0.2, 0.25) is 0 Å². The molecule has 10 nitrogen and oxygen atoms in total. The maximum Gasteiger partial charge on any atom is 0.271 e. The first-order chi connectivity index (χ1) is 19.1. The highest BCUT2D eigenvalue weighted by atomic mass is 19.1. The van der Waals surface area contributed by atoms with Gasteiger partial charge in [-0.05, 0) is 68.0 Å². The summed E-state index contributed by atoms with van der Waals surface area (Å²) in [6.07, 6.45) is 7.90. The topological polar surface area (TPSA) is 132 Å². The molecule has 0 saturated heterocycles. The van der Waals surface area contributed by atoms with E-state index in [1.54, 1.807) is 28.9 Å². The highest BCUT2D eigenvalue weighted by molar-refractivity contribution is 5.95. The third-order valence-corrected chi connectivity index (χ3v) is 8.18. The summed E-state index contributed by atoms with van der Waals surface area (Å²) in [5, 5.41) is 6.06. The van der Waals surface area contributed by atoms with Crippen LogP contribution < -0.4 is 16.4 Å². The number of anilines is 1. The smallest absolute Gasteiger partial charge is 0.271 e. The number of aromatic nitrogens is 5. The van der Waals surface area contributed by atoms with Crippen molar-refractivity contribution < 1.29 is 14.0 Å². The van der Waals surface area contributed by atoms with Gasteiger partial charge in [-0.1, -0.05) is 0 Å². The molecule has 5 aromatic rings. The third-order valence-electron chi connectivity index (χ3n) is 8.18. The van der Waals surface area contributed by atoms with Crippen molar-refractivity contribution in [2.24, 2.45) is 5.41 Å². The highest BCUT2D eigenvalue weighted by Gasteiger charge is 2.68. The average Bonchev–Trinajstić information content (AvgIpc) is 3.49. The van der Waals surface area contributed by atoms with Crippen molar-refractivity contribution in [2.75, 3.05) is 12.3 Å². The van der Waals surface area contributed by atoms with Crippen molar-refractivity contribution in [2.45, 2.75) is 38.6 Å². The van der Waals surface area contributed by atoms with Crippen LogP contribution in [-0.4, -0.2) is 47.7 Å². The Morgan fingerprint density at radius 2 is 1.75 bits per heavy atom. The second kappa shape index (κ2) is 8.35. The van der Waals surface area contributed by atoms with Gasteiger partial charge >= 0.3 is 0 Å². The van der Waals surface area contributed by atoms with Gasteiger partial charge in [0.1, 0.15) is 17.2 Å². The van der Waals surface area contributed by atoms with Gasteiger partial charge < -0.3 is 20.8 Å². The number of carbonyl (C=O) groups excluding carboxylic acids is 2. The molecule has 1 aromatic carbocycles. The summed E-state index contributed by atoms with van der Waals surface area (Å²) in [6, 6.07) is 9.88. The van der Waals surface area contributed by atoms with Crippen molar-refractivity contribution in [3.63, 3.8) is 0 Å². The van der Waals surface area contributed by atoms with E-state index in [1.807, 2.05) is 29.7 Å². The molecule has 2 amide bonds. The van der Waals surface area contributed by atoms with Gasteiger partial charge in [-0.2, -0.15) is 0 Å². The van der Waals surface area contributed by atoms with Crippen LogP contribution in [-0.2, 0) is 4.79 Å². The molecule has 4 N–H and O–H groups in total. The minimum Gasteiger partial charge on any atom is -0.381 e. The Kier molecular flexibility index (Phi) is 5.06. The van der Waals surface area contributed by atoms with Crippen molar-refractivity contribution in [1.82, 2.24) is 34.4 Å². The molecule has 3 aliphatic carbocycles. The molecule has 3 saturated carbocycles. The van der Waals surface area contributed by atoms with E-state index in [2.05, 4.69) is 25.6 Å². The van der Waals surface area contributed by atoms with Crippen LogP contribution in [0.1, 0.15) is 42.4 Å². The Balaban J connectivity index is 1.29. The summed E-state index contributed by atoms with van der Waals surface area (Å²) >= 11 is 0. The quantitative estimate of drug-likeness (QED) is 0.303. The zero-order chi connectivity index (χ0) is 27.8. The summed E-state index contributed by atoms with van der Waals surface area (Å²) in [5.41, 5.74) is 11.2. The van der Waals surface area contributed by atoms with Crippen molar-refractivity contribution in [3.05, 3.63) is 72.2 Å². The number of pyridine rings is 1.